The van der Waals surface area contributed by atoms with Gasteiger partial charge in [-0.3, -0.25) is 0 Å². The van der Waals surface area contributed by atoms with Crippen molar-refractivity contribution in [2.45, 2.75) is 6.44 Å². The lowest BCUT2D eigenvalue weighted by molar-refractivity contribution is 0.445. The molecule has 0 amide bonds. The Morgan fingerprint density at radius 3 is 2.43 bits per heavy atom. The summed E-state index contributed by atoms with van der Waals surface area (Å²) in [6.07, 6.45) is -0.413. The van der Waals surface area contributed by atoms with E-state index in [-0.39, 0.29) is 11.4 Å². The molecule has 0 aliphatic rings. The first kappa shape index (κ1) is 10.1. The van der Waals surface area contributed by atoms with E-state index in [1.165, 1.54) is 12.1 Å². The first-order chi connectivity index (χ1) is 6.48. The summed E-state index contributed by atoms with van der Waals surface area (Å²) >= 11 is 0. The average molecular weight is 199 g/mol. The molecule has 1 heterocycles. The van der Waals surface area contributed by atoms with Crippen molar-refractivity contribution >= 4 is 6.98 Å². The van der Waals surface area contributed by atoms with Crippen molar-refractivity contribution in [3.63, 3.8) is 0 Å². The van der Waals surface area contributed by atoms with Gasteiger partial charge in [0.2, 0.25) is 0 Å². The first-order valence-electron chi connectivity index (χ1n) is 3.54. The van der Waals surface area contributed by atoms with Gasteiger partial charge in [0.25, 0.3) is 0 Å². The highest BCUT2D eigenvalue weighted by atomic mass is 19.4. The maximum atomic E-state index is 12.0. The van der Waals surface area contributed by atoms with Crippen LogP contribution in [-0.4, -0.2) is 16.5 Å². The molecule has 0 bridgehead atoms. The van der Waals surface area contributed by atoms with Crippen molar-refractivity contribution in [2.75, 3.05) is 0 Å². The van der Waals surface area contributed by atoms with E-state index < -0.39 is 13.4 Å². The topological polar surface area (TPSA) is 65.4 Å². The van der Waals surface area contributed by atoms with Crippen LogP contribution in [0.1, 0.15) is 11.4 Å². The maximum Gasteiger partial charge on any atom is 0.497 e. The molecule has 0 aromatic carbocycles. The van der Waals surface area contributed by atoms with Gasteiger partial charge in [0.15, 0.2) is 11.4 Å². The fourth-order valence-corrected chi connectivity index (χ4v) is 0.943. The van der Waals surface area contributed by atoms with Crippen molar-refractivity contribution < 1.29 is 12.9 Å². The van der Waals surface area contributed by atoms with Crippen LogP contribution in [0.3, 0.4) is 0 Å². The van der Waals surface area contributed by atoms with E-state index in [9.17, 15) is 12.9 Å². The highest BCUT2D eigenvalue weighted by Crippen LogP contribution is 2.14. The van der Waals surface area contributed by atoms with Crippen LogP contribution in [0, 0.1) is 22.7 Å². The lowest BCUT2D eigenvalue weighted by Crippen LogP contribution is -2.24. The standard InChI is InChI=1S/C6H3BF3N4/c8-7(9,10)3-14-4-13-5(1-11)6(14)2-12/h4H,3H2/q-1. The molecule has 0 atom stereocenters. The van der Waals surface area contributed by atoms with E-state index in [1.807, 2.05) is 0 Å². The second-order valence-corrected chi connectivity index (χ2v) is 2.53. The Kier molecular flexibility index (Phi) is 2.48. The molecule has 0 saturated carbocycles. The molecular weight excluding hydrogens is 196 g/mol. The second-order valence-electron chi connectivity index (χ2n) is 2.53. The number of rotatable bonds is 2. The minimum absolute atomic E-state index is 0.285. The Morgan fingerprint density at radius 2 is 2.00 bits per heavy atom. The van der Waals surface area contributed by atoms with Gasteiger partial charge in [-0.25, -0.2) is 4.98 Å². The highest BCUT2D eigenvalue weighted by molar-refractivity contribution is 6.57. The van der Waals surface area contributed by atoms with E-state index in [0.717, 1.165) is 6.33 Å². The molecule has 4 nitrogen and oxygen atoms in total. The number of imidazole rings is 1. The van der Waals surface area contributed by atoms with Gasteiger partial charge in [0, 0.05) is 0 Å². The van der Waals surface area contributed by atoms with Crippen molar-refractivity contribution in [1.82, 2.24) is 9.55 Å². The summed E-state index contributed by atoms with van der Waals surface area (Å²) in [7, 11) is 0. The predicted octanol–water partition coefficient (Wildman–Crippen LogP) is 1.01. The van der Waals surface area contributed by atoms with E-state index in [2.05, 4.69) is 4.98 Å². The molecule has 0 aliphatic heterocycles. The summed E-state index contributed by atoms with van der Waals surface area (Å²) in [5, 5.41) is 16.9. The van der Waals surface area contributed by atoms with Crippen LogP contribution >= 0.6 is 0 Å². The summed E-state index contributed by atoms with van der Waals surface area (Å²) in [6, 6.07) is 3.04. The Morgan fingerprint density at radius 1 is 1.36 bits per heavy atom. The molecule has 0 spiro atoms. The molecule has 1 rings (SSSR count). The number of halogens is 3. The Hall–Kier alpha value is -1.96. The van der Waals surface area contributed by atoms with Crippen molar-refractivity contribution in [1.29, 1.82) is 10.5 Å². The first-order valence-corrected chi connectivity index (χ1v) is 3.54. The van der Waals surface area contributed by atoms with Gasteiger partial charge in [0.05, 0.1) is 6.33 Å². The van der Waals surface area contributed by atoms with Crippen LogP contribution in [0.15, 0.2) is 6.33 Å². The van der Waals surface area contributed by atoms with Crippen LogP contribution in [0.2, 0.25) is 0 Å². The SMILES string of the molecule is N#Cc1ncn(C[B-](F)(F)F)c1C#N. The molecule has 72 valence electrons. The van der Waals surface area contributed by atoms with Crippen LogP contribution < -0.4 is 0 Å². The van der Waals surface area contributed by atoms with Crippen molar-refractivity contribution in [3.8, 4) is 12.1 Å². The Labute approximate surface area is 77.3 Å². The zero-order valence-corrected chi connectivity index (χ0v) is 6.78. The van der Waals surface area contributed by atoms with Crippen LogP contribution in [-0.2, 0) is 6.44 Å². The number of hydrogen-bond acceptors (Lipinski definition) is 3. The molecule has 0 N–H and O–H groups in total. The summed E-state index contributed by atoms with van der Waals surface area (Å²) < 4.78 is 36.6. The lowest BCUT2D eigenvalue weighted by atomic mass is 9.92. The molecule has 0 radical (unpaired) electrons. The molecule has 14 heavy (non-hydrogen) atoms. The molecule has 0 saturated heterocycles. The zero-order chi connectivity index (χ0) is 10.8. The lowest BCUT2D eigenvalue weighted by Gasteiger charge is -2.14. The highest BCUT2D eigenvalue weighted by Gasteiger charge is 2.25. The number of hydrogen-bond donors (Lipinski definition) is 0. The molecule has 0 unspecified atom stereocenters. The third-order valence-electron chi connectivity index (χ3n) is 1.45. The molecular formula is C6H3BF3N4-. The van der Waals surface area contributed by atoms with Gasteiger partial charge in [-0.2, -0.15) is 10.5 Å². The van der Waals surface area contributed by atoms with Crippen molar-refractivity contribution in [2.24, 2.45) is 0 Å². The van der Waals surface area contributed by atoms with E-state index in [4.69, 9.17) is 10.5 Å². The second kappa shape index (κ2) is 3.42. The predicted molar refractivity (Wildman–Crippen MR) is 40.7 cm³/mol. The summed E-state index contributed by atoms with van der Waals surface area (Å²) in [5.41, 5.74) is -0.640. The van der Waals surface area contributed by atoms with Crippen LogP contribution in [0.5, 0.6) is 0 Å². The number of nitrogens with zero attached hydrogens (tertiary/aromatic N) is 4. The largest absolute Gasteiger partial charge is 0.497 e. The zero-order valence-electron chi connectivity index (χ0n) is 6.78. The molecule has 8 heteroatoms. The summed E-state index contributed by atoms with van der Waals surface area (Å²) in [4.78, 5) is 3.38. The van der Waals surface area contributed by atoms with Gasteiger partial charge in [-0.05, 0) is 6.44 Å². The normalized spacial score (nSPS) is 10.6. The fraction of sp³-hybridized carbons (Fsp3) is 0.167. The molecule has 1 aromatic rings. The van der Waals surface area contributed by atoms with Gasteiger partial charge in [0.1, 0.15) is 12.1 Å². The minimum atomic E-state index is -5.04. The molecule has 0 fully saturated rings. The van der Waals surface area contributed by atoms with E-state index in [0.29, 0.717) is 4.57 Å². The van der Waals surface area contributed by atoms with Crippen LogP contribution in [0.25, 0.3) is 0 Å². The molecule has 1 aromatic heterocycles. The minimum Gasteiger partial charge on any atom is -0.448 e. The quantitative estimate of drug-likeness (QED) is 0.667. The van der Waals surface area contributed by atoms with E-state index in [1.54, 1.807) is 0 Å². The average Bonchev–Trinajstić information content (AvgIpc) is 2.43. The fourth-order valence-electron chi connectivity index (χ4n) is 0.943. The molecule has 0 aliphatic carbocycles. The summed E-state index contributed by atoms with van der Waals surface area (Å²) in [5.74, 6) is 0. The third kappa shape index (κ3) is 2.05. The van der Waals surface area contributed by atoms with Crippen molar-refractivity contribution in [3.05, 3.63) is 17.7 Å². The van der Waals surface area contributed by atoms with Gasteiger partial charge < -0.3 is 17.5 Å². The summed E-state index contributed by atoms with van der Waals surface area (Å²) in [6.45, 7) is -5.04. The smallest absolute Gasteiger partial charge is 0.448 e. The third-order valence-corrected chi connectivity index (χ3v) is 1.45. The van der Waals surface area contributed by atoms with Gasteiger partial charge in [-0.1, -0.05) is 0 Å². The maximum absolute atomic E-state index is 12.0. The number of aromatic nitrogens is 2. The van der Waals surface area contributed by atoms with Gasteiger partial charge >= 0.3 is 6.98 Å². The van der Waals surface area contributed by atoms with Crippen LogP contribution in [0.4, 0.5) is 12.9 Å². The van der Waals surface area contributed by atoms with E-state index >= 15 is 0 Å². The Balaban J connectivity index is 3.08. The van der Waals surface area contributed by atoms with Gasteiger partial charge in [-0.15, -0.1) is 0 Å². The Bertz CT molecular complexity index is 422. The monoisotopic (exact) mass is 199 g/mol. The number of nitriles is 2.